The van der Waals surface area contributed by atoms with E-state index in [-0.39, 0.29) is 103 Å². The van der Waals surface area contributed by atoms with Gasteiger partial charge in [-0.2, -0.15) is 0 Å². The number of β-amino-alcohol motifs (C(OH)–C–C–N with tert-alkyl or cyclic N) is 1. The fourth-order valence-electron chi connectivity index (χ4n) is 16.6. The van der Waals surface area contributed by atoms with Crippen LogP contribution in [0.3, 0.4) is 0 Å². The van der Waals surface area contributed by atoms with Crippen LogP contribution in [0.15, 0.2) is 121 Å². The fourth-order valence-corrected chi connectivity index (χ4v) is 16.6. The summed E-state index contributed by atoms with van der Waals surface area (Å²) in [5, 5.41) is 104. The Labute approximate surface area is 547 Å². The van der Waals surface area contributed by atoms with Crippen molar-refractivity contribution in [1.29, 1.82) is 0 Å². The molecule has 1 aromatic heterocycles. The second-order valence-corrected chi connectivity index (χ2v) is 27.7. The molecule has 14 atom stereocenters. The quantitative estimate of drug-likeness (QED) is 0.0426. The van der Waals surface area contributed by atoms with Crippen molar-refractivity contribution in [3.63, 3.8) is 0 Å². The van der Waals surface area contributed by atoms with Crippen molar-refractivity contribution in [1.82, 2.24) is 15.6 Å². The molecule has 0 saturated heterocycles. The Kier molecular flexibility index (Phi) is 21.9. The number of ether oxygens (including phenoxy) is 1. The Morgan fingerprint density at radius 3 is 2.37 bits per heavy atom. The van der Waals surface area contributed by atoms with Crippen LogP contribution in [0.25, 0.3) is 10.8 Å². The highest BCUT2D eigenvalue weighted by Gasteiger charge is 2.45. The van der Waals surface area contributed by atoms with E-state index in [0.717, 1.165) is 82.5 Å². The number of Topliss-reactive ketones (excluding diaryl/α,β-unsaturated/α-hetero) is 2. The Morgan fingerprint density at radius 2 is 1.58 bits per heavy atom. The molecular formula is C78H96N4O11. The van der Waals surface area contributed by atoms with Gasteiger partial charge in [0.25, 0.3) is 0 Å². The minimum Gasteiger partial charge on any atom is -0.508 e. The van der Waals surface area contributed by atoms with Crippen LogP contribution in [0.4, 0.5) is 5.69 Å². The number of hydrogen-bond donors (Lipinski definition) is 12. The number of aromatic nitrogens is 1. The number of aliphatic hydroxyl groups is 5. The van der Waals surface area contributed by atoms with Gasteiger partial charge in [0.1, 0.15) is 17.3 Å². The van der Waals surface area contributed by atoms with Crippen molar-refractivity contribution in [2.45, 2.75) is 160 Å². The van der Waals surface area contributed by atoms with Crippen molar-refractivity contribution in [3.05, 3.63) is 171 Å². The Hall–Kier alpha value is -7.42. The average Bonchev–Trinajstić information content (AvgIpc) is 1.61. The molecule has 11 rings (SSSR count). The Morgan fingerprint density at radius 1 is 0.763 bits per heavy atom. The second kappa shape index (κ2) is 30.3. The molecule has 0 radical (unpaired) electrons. The second-order valence-electron chi connectivity index (χ2n) is 27.7. The van der Waals surface area contributed by atoms with E-state index in [4.69, 9.17) is 4.74 Å². The Balaban J connectivity index is 1.04. The third-order valence-corrected chi connectivity index (χ3v) is 21.7. The summed E-state index contributed by atoms with van der Waals surface area (Å²) in [6.07, 6.45) is 10.5. The van der Waals surface area contributed by atoms with Gasteiger partial charge in [0.15, 0.2) is 29.2 Å². The largest absolute Gasteiger partial charge is 0.508 e. The first-order valence-electron chi connectivity index (χ1n) is 34.2. The molecule has 3 aliphatic carbocycles. The number of allylic oxidation sites excluding steroid dienone is 2. The van der Waals surface area contributed by atoms with E-state index in [1.54, 1.807) is 18.2 Å². The predicted molar refractivity (Wildman–Crippen MR) is 363 cm³/mol. The maximum absolute atomic E-state index is 15.6. The molecule has 2 fully saturated rings. The monoisotopic (exact) mass is 1260 g/mol. The van der Waals surface area contributed by atoms with E-state index in [9.17, 15) is 45.6 Å². The number of ketones is 2. The standard InChI is InChI=1S/C78H96N4O11/c1-5-10-63-56-32-55(61(14-9-28-83)53-26-27-80-75(37-53)82-58-23-20-47-16-19-54(76(90)68(47)38-58)34-60(85)43-79-41-46(3)57-33-59(81-42-57)39-72(63)88)31-51-21-24-65(66-40-73(89)74(93-4)36-52(66)22-25-71(87)78(92)77(91)67(51)35-56)64-13-7-6-12-62(64)50-18-17-48(45(2)29-50)30-49-11-8-15-70(86)69(49)44-84/h6-8,11-13,15-16,19-20,23,26,33,36-38,40,42,45-46,48,50-51,55-56,60-61,63,65,67,72,78-86,88-90,92H,5,9-10,14,17-18,22,25,27-32,34-35,39,41,43-44H2,1-4H3/t45-,46-,48+,50+,51-,55+,56+,60+,61+,63-,65+,67+,72-,78-/m1/s1. The molecule has 494 valence electrons. The van der Waals surface area contributed by atoms with Crippen LogP contribution in [-0.2, 0) is 41.9 Å². The van der Waals surface area contributed by atoms with E-state index in [2.05, 4.69) is 90.0 Å². The summed E-state index contributed by atoms with van der Waals surface area (Å²) in [5.41, 5.74) is 9.40. The lowest BCUT2D eigenvalue weighted by molar-refractivity contribution is -0.142. The van der Waals surface area contributed by atoms with E-state index in [1.165, 1.54) is 7.11 Å². The number of anilines is 1. The number of phenols is 3. The SMILES string of the molecule is CCC[C@@H]1[C@H]2C[C@H](C[C@H]3C#C[C@@H](c4ccccc4[C@H]4CC[C@@H](Cc5cccc(O)c5CO)[C@H](C)C4)c4cc(O)c(OC)cc4CCC(=O)[C@@H](O)C(=O)[C@H]3C2)[C@@H](CCCO)C2=CCNC(=C2)Nc2ccc3ccc(c(O)c3c2)C[C@H](O)CNC[C@@H](C)c2c[nH]c(c2)C[C@H]1O. The molecule has 5 aromatic carbocycles. The summed E-state index contributed by atoms with van der Waals surface area (Å²) in [7, 11) is 1.48. The van der Waals surface area contributed by atoms with Crippen LogP contribution in [0.1, 0.15) is 159 Å². The number of carbonyl (C=O) groups is 2. The molecule has 3 heterocycles. The molecule has 0 amide bonds. The number of phenolic OH excluding ortho intramolecular Hbond substituents is 2. The summed E-state index contributed by atoms with van der Waals surface area (Å²) >= 11 is 0. The zero-order valence-corrected chi connectivity index (χ0v) is 54.4. The topological polar surface area (TPSA) is 257 Å². The van der Waals surface area contributed by atoms with Crippen LogP contribution in [0.2, 0.25) is 0 Å². The fraction of sp³-hybridized carbons (Fsp3) is 0.487. The number of aromatic hydroxyl groups is 3. The van der Waals surface area contributed by atoms with Gasteiger partial charge in [-0.25, -0.2) is 0 Å². The first-order chi connectivity index (χ1) is 45.0. The lowest BCUT2D eigenvalue weighted by atomic mass is 9.68. The molecule has 2 aliphatic heterocycles. The van der Waals surface area contributed by atoms with Crippen LogP contribution in [0, 0.1) is 59.2 Å². The third kappa shape index (κ3) is 15.2. The van der Waals surface area contributed by atoms with Gasteiger partial charge in [0, 0.05) is 85.9 Å². The normalized spacial score (nSPS) is 28.2. The maximum Gasteiger partial charge on any atom is 0.173 e. The highest BCUT2D eigenvalue weighted by atomic mass is 16.5. The number of methoxy groups -OCH3 is 1. The molecule has 2 saturated carbocycles. The number of dihydropyridines is 1. The first kappa shape index (κ1) is 67.0. The zero-order valence-electron chi connectivity index (χ0n) is 54.4. The number of benzene rings is 5. The predicted octanol–water partition coefficient (Wildman–Crippen LogP) is 11.3. The summed E-state index contributed by atoms with van der Waals surface area (Å²) in [6, 6.07) is 29.1. The van der Waals surface area contributed by atoms with Gasteiger partial charge in [-0.1, -0.05) is 99.7 Å². The van der Waals surface area contributed by atoms with Gasteiger partial charge >= 0.3 is 0 Å². The molecule has 9 bridgehead atoms. The summed E-state index contributed by atoms with van der Waals surface area (Å²) in [4.78, 5) is 33.8. The number of fused-ring (bicyclic) bond motifs is 9. The van der Waals surface area contributed by atoms with Crippen molar-refractivity contribution in [2.24, 2.45) is 47.3 Å². The van der Waals surface area contributed by atoms with Crippen LogP contribution < -0.4 is 20.7 Å². The van der Waals surface area contributed by atoms with E-state index >= 15 is 4.79 Å². The number of rotatable bonds is 11. The van der Waals surface area contributed by atoms with Crippen LogP contribution in [-0.4, -0.2) is 109 Å². The number of aryl methyl sites for hydroxylation is 1. The first-order valence-corrected chi connectivity index (χ1v) is 34.2. The average molecular weight is 1270 g/mol. The van der Waals surface area contributed by atoms with Crippen molar-refractivity contribution >= 4 is 28.0 Å². The van der Waals surface area contributed by atoms with Gasteiger partial charge in [0.05, 0.1) is 31.8 Å². The smallest absolute Gasteiger partial charge is 0.173 e. The van der Waals surface area contributed by atoms with Crippen molar-refractivity contribution in [2.75, 3.05) is 38.7 Å². The molecule has 15 heteroatoms. The number of H-pyrrole nitrogens is 1. The molecule has 93 heavy (non-hydrogen) atoms. The van der Waals surface area contributed by atoms with E-state index in [1.807, 2.05) is 54.7 Å². The van der Waals surface area contributed by atoms with Gasteiger partial charge in [-0.05, 0) is 210 Å². The van der Waals surface area contributed by atoms with E-state index in [0.29, 0.717) is 91.7 Å². The van der Waals surface area contributed by atoms with Crippen LogP contribution >= 0.6 is 0 Å². The highest BCUT2D eigenvalue weighted by Crippen LogP contribution is 2.50. The van der Waals surface area contributed by atoms with Gasteiger partial charge in [0.2, 0.25) is 0 Å². The lowest BCUT2D eigenvalue weighted by Crippen LogP contribution is -2.40. The molecule has 6 aromatic rings. The van der Waals surface area contributed by atoms with Gasteiger partial charge in [-0.15, -0.1) is 0 Å². The number of aliphatic hydroxyl groups excluding tert-OH is 5. The number of nitrogens with one attached hydrogen (secondary N) is 4. The van der Waals surface area contributed by atoms with Crippen molar-refractivity contribution in [3.8, 4) is 34.8 Å². The lowest BCUT2D eigenvalue weighted by Gasteiger charge is -2.36. The maximum atomic E-state index is 15.6. The van der Waals surface area contributed by atoms with Crippen LogP contribution in [0.5, 0.6) is 23.0 Å². The van der Waals surface area contributed by atoms with Gasteiger partial charge in [-0.3, -0.25) is 9.59 Å². The molecule has 15 nitrogen and oxygen atoms in total. The minimum absolute atomic E-state index is 0.0456. The number of aromatic amines is 1. The minimum atomic E-state index is -1.92. The third-order valence-electron chi connectivity index (χ3n) is 21.7. The number of carbonyl (C=O) groups excluding carboxylic acids is 2. The number of hydrogen-bond acceptors (Lipinski definition) is 14. The molecule has 12 N–H and O–H groups in total. The summed E-state index contributed by atoms with van der Waals surface area (Å²) in [5.74, 6) is 5.27. The summed E-state index contributed by atoms with van der Waals surface area (Å²) in [6.45, 7) is 7.63. The highest BCUT2D eigenvalue weighted by molar-refractivity contribution is 6.06. The molecule has 5 aliphatic rings. The van der Waals surface area contributed by atoms with Gasteiger partial charge < -0.3 is 66.5 Å². The Bertz CT molecular complexity index is 3750. The summed E-state index contributed by atoms with van der Waals surface area (Å²) < 4.78 is 5.70. The van der Waals surface area contributed by atoms with E-state index < -0.39 is 47.6 Å². The van der Waals surface area contributed by atoms with Crippen molar-refractivity contribution < 1.29 is 55.2 Å². The zero-order chi connectivity index (χ0) is 65.4. The molecular weight excluding hydrogens is 1170 g/mol. The molecule has 0 unspecified atom stereocenters. The molecule has 0 spiro atoms.